The maximum atomic E-state index is 14.0. The van der Waals surface area contributed by atoms with Crippen molar-refractivity contribution in [1.29, 1.82) is 0 Å². The lowest BCUT2D eigenvalue weighted by Crippen LogP contribution is -2.24. The standard InChI is InChI=1S/C25H24ClFN2O5/c1-3-32-24-13-17(7-12-23(24)34-15-20-21(26)5-4-6-22(20)27)14-28-29-25(30)16-33-19-10-8-18(31-2)9-11-19/h4-14H,3,15-16H2,1-2H3,(H,29,30). The molecule has 0 heterocycles. The number of nitrogens with one attached hydrogen (secondary N) is 1. The second-order valence-electron chi connectivity index (χ2n) is 6.89. The van der Waals surface area contributed by atoms with Gasteiger partial charge in [0.2, 0.25) is 0 Å². The Morgan fingerprint density at radius 3 is 2.50 bits per heavy atom. The molecule has 0 atom stereocenters. The minimum Gasteiger partial charge on any atom is -0.497 e. The van der Waals surface area contributed by atoms with E-state index in [4.69, 9.17) is 30.5 Å². The molecule has 0 aliphatic heterocycles. The third-order valence-corrected chi connectivity index (χ3v) is 4.89. The highest BCUT2D eigenvalue weighted by molar-refractivity contribution is 6.31. The van der Waals surface area contributed by atoms with E-state index in [0.29, 0.717) is 35.2 Å². The molecular weight excluding hydrogens is 463 g/mol. The molecule has 0 unspecified atom stereocenters. The third-order valence-electron chi connectivity index (χ3n) is 4.53. The van der Waals surface area contributed by atoms with Crippen LogP contribution in [0, 0.1) is 5.82 Å². The smallest absolute Gasteiger partial charge is 0.277 e. The Balaban J connectivity index is 1.56. The lowest BCUT2D eigenvalue weighted by Gasteiger charge is -2.13. The molecule has 0 aliphatic carbocycles. The van der Waals surface area contributed by atoms with E-state index in [9.17, 15) is 9.18 Å². The van der Waals surface area contributed by atoms with E-state index in [1.807, 2.05) is 6.92 Å². The fourth-order valence-electron chi connectivity index (χ4n) is 2.84. The SMILES string of the molecule is CCOc1cc(C=NNC(=O)COc2ccc(OC)cc2)ccc1OCc1c(F)cccc1Cl. The average Bonchev–Trinajstić information content (AvgIpc) is 2.84. The summed E-state index contributed by atoms with van der Waals surface area (Å²) in [4.78, 5) is 12.0. The summed E-state index contributed by atoms with van der Waals surface area (Å²) in [6.07, 6.45) is 1.46. The number of carbonyl (C=O) groups excluding carboxylic acids is 1. The molecule has 3 rings (SSSR count). The van der Waals surface area contributed by atoms with Crippen LogP contribution in [0.5, 0.6) is 23.0 Å². The van der Waals surface area contributed by atoms with Gasteiger partial charge in [-0.25, -0.2) is 9.82 Å². The lowest BCUT2D eigenvalue weighted by atomic mass is 10.2. The molecule has 0 bridgehead atoms. The second-order valence-corrected chi connectivity index (χ2v) is 7.29. The van der Waals surface area contributed by atoms with Gasteiger partial charge in [0, 0.05) is 5.56 Å². The van der Waals surface area contributed by atoms with Crippen LogP contribution in [0.3, 0.4) is 0 Å². The molecule has 0 fully saturated rings. The van der Waals surface area contributed by atoms with Crippen molar-refractivity contribution in [2.45, 2.75) is 13.5 Å². The molecule has 0 aliphatic rings. The van der Waals surface area contributed by atoms with Crippen molar-refractivity contribution in [2.75, 3.05) is 20.3 Å². The van der Waals surface area contributed by atoms with Gasteiger partial charge in [-0.3, -0.25) is 4.79 Å². The van der Waals surface area contributed by atoms with Crippen LogP contribution in [0.25, 0.3) is 0 Å². The predicted molar refractivity (Wildman–Crippen MR) is 128 cm³/mol. The fourth-order valence-corrected chi connectivity index (χ4v) is 3.06. The van der Waals surface area contributed by atoms with Gasteiger partial charge in [0.1, 0.15) is 23.9 Å². The Labute approximate surface area is 202 Å². The first-order chi connectivity index (χ1) is 16.5. The minimum absolute atomic E-state index is 0.0523. The van der Waals surface area contributed by atoms with Crippen molar-refractivity contribution in [1.82, 2.24) is 5.43 Å². The molecule has 7 nitrogen and oxygen atoms in total. The van der Waals surface area contributed by atoms with E-state index >= 15 is 0 Å². The maximum absolute atomic E-state index is 14.0. The number of halogens is 2. The molecule has 0 radical (unpaired) electrons. The summed E-state index contributed by atoms with van der Waals surface area (Å²) >= 11 is 6.06. The monoisotopic (exact) mass is 486 g/mol. The number of nitrogens with zero attached hydrogens (tertiary/aromatic N) is 1. The Bertz CT molecular complexity index is 1120. The van der Waals surface area contributed by atoms with E-state index in [-0.39, 0.29) is 23.8 Å². The van der Waals surface area contributed by atoms with Gasteiger partial charge in [-0.05, 0) is 67.1 Å². The van der Waals surface area contributed by atoms with Crippen LogP contribution in [-0.4, -0.2) is 32.4 Å². The second kappa shape index (κ2) is 12.5. The van der Waals surface area contributed by atoms with Gasteiger partial charge in [-0.2, -0.15) is 5.10 Å². The molecule has 1 amide bonds. The Hall–Kier alpha value is -3.78. The number of ether oxygens (including phenoxy) is 4. The molecule has 178 valence electrons. The van der Waals surface area contributed by atoms with E-state index in [1.54, 1.807) is 55.6 Å². The molecule has 1 N–H and O–H groups in total. The Morgan fingerprint density at radius 1 is 1.03 bits per heavy atom. The fraction of sp³-hybridized carbons (Fsp3) is 0.200. The number of methoxy groups -OCH3 is 1. The van der Waals surface area contributed by atoms with E-state index in [1.165, 1.54) is 18.3 Å². The summed E-state index contributed by atoms with van der Waals surface area (Å²) in [6, 6.07) is 16.4. The van der Waals surface area contributed by atoms with E-state index in [2.05, 4.69) is 10.5 Å². The lowest BCUT2D eigenvalue weighted by molar-refractivity contribution is -0.123. The van der Waals surface area contributed by atoms with Crippen LogP contribution in [0.4, 0.5) is 4.39 Å². The molecule has 3 aromatic rings. The number of hydrazone groups is 1. The summed E-state index contributed by atoms with van der Waals surface area (Å²) in [5.74, 6) is 1.25. The van der Waals surface area contributed by atoms with Gasteiger partial charge in [-0.1, -0.05) is 17.7 Å². The average molecular weight is 487 g/mol. The predicted octanol–water partition coefficient (Wildman–Crippen LogP) is 4.99. The number of amides is 1. The maximum Gasteiger partial charge on any atom is 0.277 e. The van der Waals surface area contributed by atoms with Crippen molar-refractivity contribution < 1.29 is 28.1 Å². The van der Waals surface area contributed by atoms with Gasteiger partial charge in [0.25, 0.3) is 5.91 Å². The van der Waals surface area contributed by atoms with Crippen molar-refractivity contribution in [2.24, 2.45) is 5.10 Å². The number of hydrogen-bond donors (Lipinski definition) is 1. The first-order valence-electron chi connectivity index (χ1n) is 10.4. The van der Waals surface area contributed by atoms with Gasteiger partial charge >= 0.3 is 0 Å². The van der Waals surface area contributed by atoms with Crippen LogP contribution in [0.2, 0.25) is 5.02 Å². The number of hydrogen-bond acceptors (Lipinski definition) is 6. The van der Waals surface area contributed by atoms with E-state index in [0.717, 1.165) is 0 Å². The number of rotatable bonds is 11. The zero-order valence-electron chi connectivity index (χ0n) is 18.7. The third kappa shape index (κ3) is 7.11. The first-order valence-corrected chi connectivity index (χ1v) is 10.8. The molecule has 3 aromatic carbocycles. The van der Waals surface area contributed by atoms with Gasteiger partial charge in [0.05, 0.1) is 25.0 Å². The van der Waals surface area contributed by atoms with Crippen molar-refractivity contribution in [3.05, 3.63) is 82.6 Å². The van der Waals surface area contributed by atoms with Crippen LogP contribution in [-0.2, 0) is 11.4 Å². The first kappa shape index (κ1) is 24.9. The minimum atomic E-state index is -0.444. The topological polar surface area (TPSA) is 78.4 Å². The Morgan fingerprint density at radius 2 is 1.79 bits per heavy atom. The molecule has 0 spiro atoms. The highest BCUT2D eigenvalue weighted by Crippen LogP contribution is 2.30. The highest BCUT2D eigenvalue weighted by Gasteiger charge is 2.11. The molecule has 0 saturated heterocycles. The largest absolute Gasteiger partial charge is 0.497 e. The van der Waals surface area contributed by atoms with E-state index < -0.39 is 11.7 Å². The van der Waals surface area contributed by atoms with Crippen molar-refractivity contribution >= 4 is 23.7 Å². The van der Waals surface area contributed by atoms with Gasteiger partial charge in [-0.15, -0.1) is 0 Å². The van der Waals surface area contributed by atoms with Crippen LogP contribution < -0.4 is 24.4 Å². The highest BCUT2D eigenvalue weighted by atomic mass is 35.5. The summed E-state index contributed by atoms with van der Waals surface area (Å²) in [5, 5.41) is 4.23. The summed E-state index contributed by atoms with van der Waals surface area (Å²) in [5.41, 5.74) is 3.33. The molecule has 0 aromatic heterocycles. The molecule has 0 saturated carbocycles. The van der Waals surface area contributed by atoms with Crippen LogP contribution in [0.15, 0.2) is 65.8 Å². The van der Waals surface area contributed by atoms with Crippen molar-refractivity contribution in [3.63, 3.8) is 0 Å². The molecular formula is C25H24ClFN2O5. The van der Waals surface area contributed by atoms with Crippen LogP contribution >= 0.6 is 11.6 Å². The van der Waals surface area contributed by atoms with Crippen LogP contribution in [0.1, 0.15) is 18.1 Å². The zero-order chi connectivity index (χ0) is 24.3. The Kier molecular flexibility index (Phi) is 9.11. The van der Waals surface area contributed by atoms with Gasteiger partial charge in [0.15, 0.2) is 18.1 Å². The van der Waals surface area contributed by atoms with Gasteiger partial charge < -0.3 is 18.9 Å². The molecule has 9 heteroatoms. The summed E-state index contributed by atoms with van der Waals surface area (Å²) < 4.78 is 35.8. The zero-order valence-corrected chi connectivity index (χ0v) is 19.5. The number of benzene rings is 3. The summed E-state index contributed by atoms with van der Waals surface area (Å²) in [6.45, 7) is 1.99. The number of carbonyl (C=O) groups is 1. The summed E-state index contributed by atoms with van der Waals surface area (Å²) in [7, 11) is 1.57. The molecule has 34 heavy (non-hydrogen) atoms. The van der Waals surface area contributed by atoms with Crippen molar-refractivity contribution in [3.8, 4) is 23.0 Å². The normalized spacial score (nSPS) is 10.7. The quantitative estimate of drug-likeness (QED) is 0.305.